The lowest BCUT2D eigenvalue weighted by Gasteiger charge is -2.26. The lowest BCUT2D eigenvalue weighted by Crippen LogP contribution is -2.44. The van der Waals surface area contributed by atoms with Gasteiger partial charge in [0.1, 0.15) is 5.82 Å². The summed E-state index contributed by atoms with van der Waals surface area (Å²) >= 11 is 0. The minimum absolute atomic E-state index is 0.0123. The zero-order chi connectivity index (χ0) is 15.3. The fourth-order valence-electron chi connectivity index (χ4n) is 1.91. The van der Waals surface area contributed by atoms with E-state index in [4.69, 9.17) is 5.11 Å². The van der Waals surface area contributed by atoms with Crippen molar-refractivity contribution < 1.29 is 19.1 Å². The van der Waals surface area contributed by atoms with Gasteiger partial charge in [-0.2, -0.15) is 0 Å². The van der Waals surface area contributed by atoms with E-state index < -0.39 is 17.2 Å². The van der Waals surface area contributed by atoms with Crippen molar-refractivity contribution in [1.29, 1.82) is 0 Å². The number of rotatable bonds is 6. The molecule has 0 aliphatic rings. The molecule has 0 saturated carbocycles. The molecule has 0 aliphatic carbocycles. The molecular formula is C15H20FNO3. The molecule has 1 unspecified atom stereocenters. The molecule has 1 amide bonds. The molecule has 110 valence electrons. The van der Waals surface area contributed by atoms with Crippen LogP contribution in [0.4, 0.5) is 4.39 Å². The summed E-state index contributed by atoms with van der Waals surface area (Å²) in [5.41, 5.74) is -0.689. The summed E-state index contributed by atoms with van der Waals surface area (Å²) in [5, 5.41) is 11.3. The van der Waals surface area contributed by atoms with Crippen LogP contribution in [0.5, 0.6) is 0 Å². The Morgan fingerprint density at radius 1 is 1.35 bits per heavy atom. The van der Waals surface area contributed by atoms with Crippen molar-refractivity contribution >= 4 is 11.9 Å². The number of benzene rings is 1. The molecule has 2 N–H and O–H groups in total. The number of halogens is 1. The van der Waals surface area contributed by atoms with E-state index in [0.717, 1.165) is 0 Å². The third kappa shape index (κ3) is 4.05. The predicted octanol–water partition coefficient (Wildman–Crippen LogP) is 2.47. The van der Waals surface area contributed by atoms with Crippen molar-refractivity contribution in [3.05, 3.63) is 35.6 Å². The number of hydrogen-bond donors (Lipinski definition) is 2. The number of carbonyl (C=O) groups is 2. The second kappa shape index (κ2) is 6.50. The maximum atomic E-state index is 13.8. The lowest BCUT2D eigenvalue weighted by atomic mass is 9.83. The summed E-state index contributed by atoms with van der Waals surface area (Å²) in [6.07, 6.45) is 0.329. The van der Waals surface area contributed by atoms with Gasteiger partial charge in [-0.25, -0.2) is 4.39 Å². The molecule has 0 bridgehead atoms. The van der Waals surface area contributed by atoms with Crippen LogP contribution in [-0.2, 0) is 15.0 Å². The van der Waals surface area contributed by atoms with Crippen LogP contribution in [0.3, 0.4) is 0 Å². The van der Waals surface area contributed by atoms with E-state index in [9.17, 15) is 14.0 Å². The van der Waals surface area contributed by atoms with E-state index in [0.29, 0.717) is 12.0 Å². The fourth-order valence-corrected chi connectivity index (χ4v) is 1.91. The van der Waals surface area contributed by atoms with Crippen LogP contribution >= 0.6 is 0 Å². The summed E-state index contributed by atoms with van der Waals surface area (Å²) in [6.45, 7) is 5.02. The van der Waals surface area contributed by atoms with Crippen LogP contribution in [0.2, 0.25) is 0 Å². The van der Waals surface area contributed by atoms with E-state index in [1.54, 1.807) is 39.0 Å². The number of amides is 1. The van der Waals surface area contributed by atoms with Crippen molar-refractivity contribution in [3.63, 3.8) is 0 Å². The smallest absolute Gasteiger partial charge is 0.303 e. The summed E-state index contributed by atoms with van der Waals surface area (Å²) in [4.78, 5) is 22.7. The maximum absolute atomic E-state index is 13.8. The fraction of sp³-hybridized carbons (Fsp3) is 0.467. The first-order chi connectivity index (χ1) is 9.25. The van der Waals surface area contributed by atoms with Gasteiger partial charge in [-0.05, 0) is 33.3 Å². The van der Waals surface area contributed by atoms with E-state index in [2.05, 4.69) is 5.32 Å². The van der Waals surface area contributed by atoms with Crippen molar-refractivity contribution in [3.8, 4) is 0 Å². The summed E-state index contributed by atoms with van der Waals surface area (Å²) in [7, 11) is 0. The van der Waals surface area contributed by atoms with Crippen molar-refractivity contribution in [1.82, 2.24) is 5.32 Å². The van der Waals surface area contributed by atoms with E-state index in [1.165, 1.54) is 6.07 Å². The average molecular weight is 281 g/mol. The second-order valence-corrected chi connectivity index (χ2v) is 5.41. The summed E-state index contributed by atoms with van der Waals surface area (Å²) in [5.74, 6) is -1.65. The number of carbonyl (C=O) groups excluding carboxylic acids is 1. The van der Waals surface area contributed by atoms with Gasteiger partial charge < -0.3 is 10.4 Å². The molecule has 0 aliphatic heterocycles. The van der Waals surface area contributed by atoms with Gasteiger partial charge in [-0.1, -0.05) is 18.2 Å². The highest BCUT2D eigenvalue weighted by Crippen LogP contribution is 2.26. The van der Waals surface area contributed by atoms with Crippen molar-refractivity contribution in [2.24, 2.45) is 0 Å². The molecule has 0 heterocycles. The summed E-state index contributed by atoms with van der Waals surface area (Å²) in [6, 6.07) is 5.88. The molecule has 0 radical (unpaired) electrons. The van der Waals surface area contributed by atoms with Gasteiger partial charge in [0.15, 0.2) is 0 Å². The largest absolute Gasteiger partial charge is 0.481 e. The van der Waals surface area contributed by atoms with E-state index in [-0.39, 0.29) is 18.4 Å². The quantitative estimate of drug-likeness (QED) is 0.841. The molecule has 0 spiro atoms. The summed E-state index contributed by atoms with van der Waals surface area (Å²) < 4.78 is 13.8. The Labute approximate surface area is 118 Å². The van der Waals surface area contributed by atoms with Gasteiger partial charge in [0.2, 0.25) is 5.91 Å². The molecule has 0 fully saturated rings. The van der Waals surface area contributed by atoms with Crippen LogP contribution in [0.15, 0.2) is 24.3 Å². The number of carboxylic acid groups (broad SMARTS) is 1. The molecule has 5 heteroatoms. The molecule has 20 heavy (non-hydrogen) atoms. The normalized spacial score (nSPS) is 12.8. The number of carboxylic acids is 1. The first kappa shape index (κ1) is 16.1. The molecule has 0 aromatic heterocycles. The molecule has 1 aromatic rings. The van der Waals surface area contributed by atoms with Crippen LogP contribution < -0.4 is 5.32 Å². The van der Waals surface area contributed by atoms with Crippen LogP contribution in [0.25, 0.3) is 0 Å². The first-order valence-corrected chi connectivity index (χ1v) is 6.53. The monoisotopic (exact) mass is 281 g/mol. The molecule has 1 rings (SSSR count). The zero-order valence-corrected chi connectivity index (χ0v) is 11.9. The third-order valence-corrected chi connectivity index (χ3v) is 3.28. The number of nitrogens with one attached hydrogen (secondary N) is 1. The Hall–Kier alpha value is -1.91. The highest BCUT2D eigenvalue weighted by Gasteiger charge is 2.32. The second-order valence-electron chi connectivity index (χ2n) is 5.41. The van der Waals surface area contributed by atoms with Crippen LogP contribution in [0, 0.1) is 5.82 Å². The van der Waals surface area contributed by atoms with E-state index in [1.807, 2.05) is 0 Å². The van der Waals surface area contributed by atoms with Gasteiger partial charge in [0, 0.05) is 18.0 Å². The van der Waals surface area contributed by atoms with Crippen molar-refractivity contribution in [2.45, 2.75) is 45.1 Å². The molecule has 1 atom stereocenters. The number of hydrogen-bond acceptors (Lipinski definition) is 2. The van der Waals surface area contributed by atoms with Crippen LogP contribution in [0.1, 0.15) is 39.2 Å². The Bertz CT molecular complexity index is 500. The van der Waals surface area contributed by atoms with Gasteiger partial charge in [-0.15, -0.1) is 0 Å². The van der Waals surface area contributed by atoms with Gasteiger partial charge in [0.05, 0.1) is 5.41 Å². The molecule has 1 aromatic carbocycles. The Balaban J connectivity index is 2.75. The number of aliphatic carboxylic acids is 1. The first-order valence-electron chi connectivity index (χ1n) is 6.53. The molecular weight excluding hydrogens is 261 g/mol. The maximum Gasteiger partial charge on any atom is 0.303 e. The lowest BCUT2D eigenvalue weighted by molar-refractivity contribution is -0.137. The highest BCUT2D eigenvalue weighted by molar-refractivity contribution is 5.87. The Morgan fingerprint density at radius 3 is 2.50 bits per heavy atom. The Kier molecular flexibility index (Phi) is 5.25. The average Bonchev–Trinajstić information content (AvgIpc) is 2.36. The third-order valence-electron chi connectivity index (χ3n) is 3.28. The van der Waals surface area contributed by atoms with Crippen molar-refractivity contribution in [2.75, 3.05) is 0 Å². The Morgan fingerprint density at radius 2 is 1.95 bits per heavy atom. The standard InChI is InChI=1S/C15H20FNO3/c1-10(8-9-13(18)19)17-14(20)15(2,3)11-6-4-5-7-12(11)16/h4-7,10H,8-9H2,1-3H3,(H,17,20)(H,18,19). The molecule has 4 nitrogen and oxygen atoms in total. The van der Waals surface area contributed by atoms with Gasteiger partial charge in [0.25, 0.3) is 0 Å². The predicted molar refractivity (Wildman–Crippen MR) is 73.9 cm³/mol. The molecule has 0 saturated heterocycles. The zero-order valence-electron chi connectivity index (χ0n) is 11.9. The minimum atomic E-state index is -1.01. The highest BCUT2D eigenvalue weighted by atomic mass is 19.1. The topological polar surface area (TPSA) is 66.4 Å². The van der Waals surface area contributed by atoms with E-state index >= 15 is 0 Å². The van der Waals surface area contributed by atoms with Gasteiger partial charge >= 0.3 is 5.97 Å². The SMILES string of the molecule is CC(CCC(=O)O)NC(=O)C(C)(C)c1ccccc1F. The van der Waals surface area contributed by atoms with Crippen LogP contribution in [-0.4, -0.2) is 23.0 Å². The van der Waals surface area contributed by atoms with Gasteiger partial charge in [-0.3, -0.25) is 9.59 Å². The minimum Gasteiger partial charge on any atom is -0.481 e.